The highest BCUT2D eigenvalue weighted by Gasteiger charge is 2.21. The predicted molar refractivity (Wildman–Crippen MR) is 117 cm³/mol. The zero-order chi connectivity index (χ0) is 19.9. The van der Waals surface area contributed by atoms with Gasteiger partial charge >= 0.3 is 0 Å². The van der Waals surface area contributed by atoms with E-state index in [2.05, 4.69) is 52.7 Å². The van der Waals surface area contributed by atoms with Crippen molar-refractivity contribution < 1.29 is 9.53 Å². The van der Waals surface area contributed by atoms with Gasteiger partial charge in [0.05, 0.1) is 19.1 Å². The zero-order valence-corrected chi connectivity index (χ0v) is 16.7. The van der Waals surface area contributed by atoms with Gasteiger partial charge in [-0.2, -0.15) is 0 Å². The number of carbonyl (C=O) groups excluding carboxylic acids is 1. The van der Waals surface area contributed by atoms with Gasteiger partial charge in [0, 0.05) is 26.2 Å². The molecule has 0 aliphatic carbocycles. The number of morpholine rings is 1. The van der Waals surface area contributed by atoms with Crippen LogP contribution in [0.5, 0.6) is 0 Å². The number of amides is 1. The normalized spacial score (nSPS) is 17.3. The number of rotatable bonds is 7. The van der Waals surface area contributed by atoms with Gasteiger partial charge in [-0.15, -0.1) is 0 Å². The smallest absolute Gasteiger partial charge is 0.224 e. The van der Waals surface area contributed by atoms with Gasteiger partial charge in [0.15, 0.2) is 0 Å². The average Bonchev–Trinajstić information content (AvgIpc) is 2.78. The molecule has 150 valence electrons. The summed E-state index contributed by atoms with van der Waals surface area (Å²) in [5.74, 6) is 0.0884. The molecule has 0 saturated carbocycles. The lowest BCUT2D eigenvalue weighted by molar-refractivity contribution is -0.120. The van der Waals surface area contributed by atoms with Crippen LogP contribution in [0.2, 0.25) is 0 Å². The highest BCUT2D eigenvalue weighted by atomic mass is 16.5. The Labute approximate surface area is 172 Å². The summed E-state index contributed by atoms with van der Waals surface area (Å²) < 4.78 is 5.93. The topological polar surface area (TPSA) is 41.6 Å². The Balaban J connectivity index is 1.22. The second kappa shape index (κ2) is 9.68. The van der Waals surface area contributed by atoms with Gasteiger partial charge in [0.1, 0.15) is 0 Å². The van der Waals surface area contributed by atoms with Crippen molar-refractivity contribution in [3.05, 3.63) is 83.9 Å². The zero-order valence-electron chi connectivity index (χ0n) is 16.7. The Morgan fingerprint density at radius 1 is 1.00 bits per heavy atom. The minimum absolute atomic E-state index is 0.0884. The molecule has 29 heavy (non-hydrogen) atoms. The Kier molecular flexibility index (Phi) is 6.55. The molecule has 4 rings (SSSR count). The molecule has 1 aliphatic rings. The van der Waals surface area contributed by atoms with E-state index in [-0.39, 0.29) is 12.0 Å². The summed E-state index contributed by atoms with van der Waals surface area (Å²) in [6.07, 6.45) is 1.52. The summed E-state index contributed by atoms with van der Waals surface area (Å²) >= 11 is 0. The van der Waals surface area contributed by atoms with E-state index in [1.807, 2.05) is 30.3 Å². The molecule has 1 fully saturated rings. The number of nitrogens with zero attached hydrogens (tertiary/aromatic N) is 1. The molecule has 4 nitrogen and oxygen atoms in total. The Bertz CT molecular complexity index is 936. The number of fused-ring (bicyclic) bond motifs is 1. The first-order valence-electron chi connectivity index (χ1n) is 10.4. The fraction of sp³-hybridized carbons (Fsp3) is 0.320. The lowest BCUT2D eigenvalue weighted by Gasteiger charge is -2.33. The van der Waals surface area contributed by atoms with Crippen LogP contribution in [0.3, 0.4) is 0 Å². The quantitative estimate of drug-likeness (QED) is 0.623. The van der Waals surface area contributed by atoms with E-state index in [4.69, 9.17) is 4.74 Å². The van der Waals surface area contributed by atoms with Crippen LogP contribution in [0, 0.1) is 0 Å². The van der Waals surface area contributed by atoms with Crippen molar-refractivity contribution in [3.63, 3.8) is 0 Å². The van der Waals surface area contributed by atoms with E-state index >= 15 is 0 Å². The first-order valence-corrected chi connectivity index (χ1v) is 10.4. The summed E-state index contributed by atoms with van der Waals surface area (Å²) in [4.78, 5) is 14.8. The second-order valence-electron chi connectivity index (χ2n) is 7.59. The number of ether oxygens (including phenoxy) is 1. The number of hydrogen-bond acceptors (Lipinski definition) is 3. The third-order valence-electron chi connectivity index (χ3n) is 5.53. The first-order chi connectivity index (χ1) is 14.3. The van der Waals surface area contributed by atoms with E-state index in [0.717, 1.165) is 43.6 Å². The lowest BCUT2D eigenvalue weighted by Crippen LogP contribution is -2.40. The van der Waals surface area contributed by atoms with E-state index in [0.29, 0.717) is 13.0 Å². The Morgan fingerprint density at radius 3 is 2.69 bits per heavy atom. The fourth-order valence-corrected chi connectivity index (χ4v) is 3.99. The van der Waals surface area contributed by atoms with Gasteiger partial charge in [0.2, 0.25) is 5.91 Å². The van der Waals surface area contributed by atoms with Gasteiger partial charge in [-0.05, 0) is 28.3 Å². The predicted octanol–water partition coefficient (Wildman–Crippen LogP) is 3.96. The molecule has 1 atom stereocenters. The van der Waals surface area contributed by atoms with Crippen LogP contribution in [0.4, 0.5) is 0 Å². The Morgan fingerprint density at radius 2 is 1.79 bits per heavy atom. The molecular weight excluding hydrogens is 360 g/mol. The molecule has 0 bridgehead atoms. The van der Waals surface area contributed by atoms with Crippen LogP contribution >= 0.6 is 0 Å². The second-order valence-corrected chi connectivity index (χ2v) is 7.59. The van der Waals surface area contributed by atoms with Gasteiger partial charge in [-0.3, -0.25) is 9.69 Å². The van der Waals surface area contributed by atoms with Gasteiger partial charge in [-0.25, -0.2) is 0 Å². The van der Waals surface area contributed by atoms with E-state index in [1.165, 1.54) is 10.9 Å². The van der Waals surface area contributed by atoms with Crippen molar-refractivity contribution in [2.75, 3.05) is 32.8 Å². The van der Waals surface area contributed by atoms with Crippen LogP contribution in [0.15, 0.2) is 72.8 Å². The third-order valence-corrected chi connectivity index (χ3v) is 5.53. The molecule has 1 saturated heterocycles. The largest absolute Gasteiger partial charge is 0.371 e. The van der Waals surface area contributed by atoms with E-state index in [9.17, 15) is 4.79 Å². The highest BCUT2D eigenvalue weighted by Crippen LogP contribution is 2.22. The third kappa shape index (κ3) is 5.22. The summed E-state index contributed by atoms with van der Waals surface area (Å²) in [7, 11) is 0. The summed E-state index contributed by atoms with van der Waals surface area (Å²) in [5.41, 5.74) is 2.32. The number of hydrogen-bond donors (Lipinski definition) is 1. The highest BCUT2D eigenvalue weighted by molar-refractivity contribution is 5.90. The Hall–Kier alpha value is -2.69. The van der Waals surface area contributed by atoms with E-state index < -0.39 is 0 Å². The van der Waals surface area contributed by atoms with Crippen LogP contribution in [-0.4, -0.2) is 43.6 Å². The molecule has 3 aromatic carbocycles. The van der Waals surface area contributed by atoms with Crippen molar-refractivity contribution >= 4 is 16.7 Å². The number of nitrogens with one attached hydrogen (secondary N) is 1. The minimum atomic E-state index is 0.0884. The number of carbonyl (C=O) groups is 1. The van der Waals surface area contributed by atoms with Crippen LogP contribution < -0.4 is 5.32 Å². The van der Waals surface area contributed by atoms with Crippen molar-refractivity contribution in [3.8, 4) is 0 Å². The molecule has 0 radical (unpaired) electrons. The standard InChI is InChI=1S/C25H28N2O2/c28-25(18-22-12-6-11-20-8-4-5-13-23(20)22)26-14-7-15-27-16-17-29-24(19-27)21-9-2-1-3-10-21/h1-6,8-13,24H,7,14-19H2,(H,26,28). The molecule has 1 amide bonds. The summed E-state index contributed by atoms with van der Waals surface area (Å²) in [6.45, 7) is 4.30. The van der Waals surface area contributed by atoms with Crippen molar-refractivity contribution in [2.45, 2.75) is 18.9 Å². The summed E-state index contributed by atoms with van der Waals surface area (Å²) in [6, 6.07) is 24.8. The van der Waals surface area contributed by atoms with Gasteiger partial charge < -0.3 is 10.1 Å². The van der Waals surface area contributed by atoms with Crippen LogP contribution in [0.1, 0.15) is 23.7 Å². The van der Waals surface area contributed by atoms with Gasteiger partial charge in [-0.1, -0.05) is 72.8 Å². The molecule has 1 aliphatic heterocycles. The summed E-state index contributed by atoms with van der Waals surface area (Å²) in [5, 5.41) is 5.42. The molecular formula is C25H28N2O2. The minimum Gasteiger partial charge on any atom is -0.371 e. The molecule has 0 aromatic heterocycles. The molecule has 1 unspecified atom stereocenters. The average molecular weight is 389 g/mol. The lowest BCUT2D eigenvalue weighted by atomic mass is 10.0. The van der Waals surface area contributed by atoms with Gasteiger partial charge in [0.25, 0.3) is 0 Å². The van der Waals surface area contributed by atoms with Crippen LogP contribution in [0.25, 0.3) is 10.8 Å². The van der Waals surface area contributed by atoms with Crippen molar-refractivity contribution in [1.29, 1.82) is 0 Å². The molecule has 1 heterocycles. The maximum atomic E-state index is 12.4. The molecule has 1 N–H and O–H groups in total. The fourth-order valence-electron chi connectivity index (χ4n) is 3.99. The van der Waals surface area contributed by atoms with Crippen molar-refractivity contribution in [1.82, 2.24) is 10.2 Å². The monoisotopic (exact) mass is 388 g/mol. The molecule has 4 heteroatoms. The first kappa shape index (κ1) is 19.6. The van der Waals surface area contributed by atoms with E-state index in [1.54, 1.807) is 0 Å². The van der Waals surface area contributed by atoms with Crippen molar-refractivity contribution in [2.24, 2.45) is 0 Å². The molecule has 0 spiro atoms. The maximum Gasteiger partial charge on any atom is 0.224 e. The SMILES string of the molecule is O=C(Cc1cccc2ccccc12)NCCCN1CCOC(c2ccccc2)C1. The van der Waals surface area contributed by atoms with Crippen LogP contribution in [-0.2, 0) is 16.0 Å². The maximum absolute atomic E-state index is 12.4. The number of benzene rings is 3. The molecule has 3 aromatic rings.